The topological polar surface area (TPSA) is 43.8 Å². The highest BCUT2D eigenvalue weighted by atomic mass is 19.4. The molecule has 0 spiro atoms. The molecule has 0 saturated heterocycles. The summed E-state index contributed by atoms with van der Waals surface area (Å²) in [5.41, 5.74) is 6.70. The van der Waals surface area contributed by atoms with E-state index in [9.17, 15) is 13.2 Å². The fourth-order valence-electron chi connectivity index (χ4n) is 2.60. The third kappa shape index (κ3) is 2.20. The van der Waals surface area contributed by atoms with Crippen molar-refractivity contribution >= 4 is 0 Å². The zero-order valence-corrected chi connectivity index (χ0v) is 10.7. The molecule has 3 nitrogen and oxygen atoms in total. The Morgan fingerprint density at radius 2 is 2.10 bits per heavy atom. The maximum atomic E-state index is 12.8. The molecule has 2 N–H and O–H groups in total. The Kier molecular flexibility index (Phi) is 3.05. The Balaban J connectivity index is 2.06. The molecule has 1 unspecified atom stereocenters. The van der Waals surface area contributed by atoms with E-state index in [0.29, 0.717) is 11.4 Å². The molecule has 106 valence electrons. The van der Waals surface area contributed by atoms with Crippen LogP contribution in [0.2, 0.25) is 0 Å². The molecule has 1 aliphatic rings. The van der Waals surface area contributed by atoms with Crippen LogP contribution >= 0.6 is 0 Å². The number of nitrogens with two attached hydrogens (primary N) is 1. The maximum Gasteiger partial charge on any atom is 0.416 e. The van der Waals surface area contributed by atoms with Crippen molar-refractivity contribution in [2.45, 2.75) is 31.6 Å². The van der Waals surface area contributed by atoms with Crippen molar-refractivity contribution in [2.75, 3.05) is 0 Å². The van der Waals surface area contributed by atoms with E-state index in [0.717, 1.165) is 37.2 Å². The fourth-order valence-corrected chi connectivity index (χ4v) is 2.60. The molecule has 1 atom stereocenters. The van der Waals surface area contributed by atoms with E-state index in [1.807, 2.05) is 4.57 Å². The molecule has 0 amide bonds. The minimum Gasteiger partial charge on any atom is -0.327 e. The molecule has 2 heterocycles. The summed E-state index contributed by atoms with van der Waals surface area (Å²) in [6.45, 7) is 0.745. The van der Waals surface area contributed by atoms with E-state index < -0.39 is 11.7 Å². The van der Waals surface area contributed by atoms with Gasteiger partial charge in [-0.2, -0.15) is 13.2 Å². The Bertz CT molecular complexity index is 631. The Morgan fingerprint density at radius 3 is 2.85 bits per heavy atom. The van der Waals surface area contributed by atoms with Gasteiger partial charge in [0.15, 0.2) is 0 Å². The Hall–Kier alpha value is -1.82. The van der Waals surface area contributed by atoms with Gasteiger partial charge in [0, 0.05) is 18.2 Å². The van der Waals surface area contributed by atoms with Crippen LogP contribution in [-0.2, 0) is 12.7 Å². The van der Waals surface area contributed by atoms with Gasteiger partial charge in [-0.25, -0.2) is 4.98 Å². The number of aromatic nitrogens is 2. The van der Waals surface area contributed by atoms with Crippen LogP contribution in [0, 0.1) is 0 Å². The Labute approximate surface area is 114 Å². The molecule has 20 heavy (non-hydrogen) atoms. The lowest BCUT2D eigenvalue weighted by molar-refractivity contribution is -0.137. The molecule has 0 bridgehead atoms. The highest BCUT2D eigenvalue weighted by Crippen LogP contribution is 2.33. The Morgan fingerprint density at radius 1 is 1.30 bits per heavy atom. The summed E-state index contributed by atoms with van der Waals surface area (Å²) >= 11 is 0. The maximum absolute atomic E-state index is 12.8. The number of hydrogen-bond acceptors (Lipinski definition) is 2. The molecule has 0 aliphatic carbocycles. The molecule has 1 aromatic heterocycles. The van der Waals surface area contributed by atoms with Crippen molar-refractivity contribution in [1.82, 2.24) is 9.55 Å². The summed E-state index contributed by atoms with van der Waals surface area (Å²) < 4.78 is 40.2. The summed E-state index contributed by atoms with van der Waals surface area (Å²) in [5.74, 6) is 0.557. The predicted molar refractivity (Wildman–Crippen MR) is 68.8 cm³/mol. The minimum atomic E-state index is -4.34. The second kappa shape index (κ2) is 4.63. The third-order valence-corrected chi connectivity index (χ3v) is 3.61. The van der Waals surface area contributed by atoms with Crippen LogP contribution in [0.5, 0.6) is 0 Å². The van der Waals surface area contributed by atoms with Crippen LogP contribution in [0.4, 0.5) is 13.2 Å². The molecule has 6 heteroatoms. The number of hydrogen-bond donors (Lipinski definition) is 1. The van der Waals surface area contributed by atoms with Crippen LogP contribution in [0.3, 0.4) is 0 Å². The van der Waals surface area contributed by atoms with Crippen molar-refractivity contribution in [3.8, 4) is 11.4 Å². The third-order valence-electron chi connectivity index (χ3n) is 3.61. The molecule has 3 rings (SSSR count). The van der Waals surface area contributed by atoms with Crippen molar-refractivity contribution in [2.24, 2.45) is 5.73 Å². The van der Waals surface area contributed by atoms with Crippen molar-refractivity contribution in [1.29, 1.82) is 0 Å². The highest BCUT2D eigenvalue weighted by Gasteiger charge is 2.31. The van der Waals surface area contributed by atoms with Gasteiger partial charge in [0.1, 0.15) is 5.82 Å². The van der Waals surface area contributed by atoms with Gasteiger partial charge in [0.2, 0.25) is 0 Å². The summed E-state index contributed by atoms with van der Waals surface area (Å²) in [5, 5.41) is 0. The average Bonchev–Trinajstić information content (AvgIpc) is 2.83. The standard InChI is InChI=1S/C14H14F3N3/c15-14(16,17)10-4-1-3-9(7-10)13-19-8-12-11(18)5-2-6-20(12)13/h1,3-4,7-8,11H,2,5-6,18H2. The van der Waals surface area contributed by atoms with E-state index in [2.05, 4.69) is 4.98 Å². The van der Waals surface area contributed by atoms with E-state index in [1.54, 1.807) is 12.3 Å². The van der Waals surface area contributed by atoms with Crippen molar-refractivity contribution in [3.05, 3.63) is 41.7 Å². The largest absolute Gasteiger partial charge is 0.416 e. The zero-order valence-electron chi connectivity index (χ0n) is 10.7. The van der Waals surface area contributed by atoms with Gasteiger partial charge in [-0.1, -0.05) is 12.1 Å². The van der Waals surface area contributed by atoms with Crippen LogP contribution in [-0.4, -0.2) is 9.55 Å². The lowest BCUT2D eigenvalue weighted by Gasteiger charge is -2.22. The van der Waals surface area contributed by atoms with Gasteiger partial charge in [0.05, 0.1) is 17.5 Å². The first-order valence-corrected chi connectivity index (χ1v) is 6.45. The molecular weight excluding hydrogens is 267 g/mol. The lowest BCUT2D eigenvalue weighted by atomic mass is 10.0. The predicted octanol–water partition coefficient (Wildman–Crippen LogP) is 3.36. The number of benzene rings is 1. The minimum absolute atomic E-state index is 0.0872. The van der Waals surface area contributed by atoms with Crippen molar-refractivity contribution < 1.29 is 13.2 Å². The number of imidazole rings is 1. The smallest absolute Gasteiger partial charge is 0.327 e. The summed E-state index contributed by atoms with van der Waals surface area (Å²) in [4.78, 5) is 4.26. The number of halogens is 3. The van der Waals surface area contributed by atoms with E-state index >= 15 is 0 Å². The first kappa shape index (κ1) is 13.2. The van der Waals surface area contributed by atoms with Gasteiger partial charge in [-0.3, -0.25) is 0 Å². The van der Waals surface area contributed by atoms with Gasteiger partial charge in [-0.15, -0.1) is 0 Å². The monoisotopic (exact) mass is 281 g/mol. The van der Waals surface area contributed by atoms with E-state index in [-0.39, 0.29) is 6.04 Å². The second-order valence-corrected chi connectivity index (χ2v) is 4.99. The summed E-state index contributed by atoms with van der Waals surface area (Å²) in [6, 6.07) is 5.16. The van der Waals surface area contributed by atoms with Crippen LogP contribution < -0.4 is 5.73 Å². The van der Waals surface area contributed by atoms with E-state index in [1.165, 1.54) is 6.07 Å². The molecule has 1 aromatic carbocycles. The van der Waals surface area contributed by atoms with Gasteiger partial charge >= 0.3 is 6.18 Å². The van der Waals surface area contributed by atoms with Gasteiger partial charge < -0.3 is 10.3 Å². The van der Waals surface area contributed by atoms with Crippen molar-refractivity contribution in [3.63, 3.8) is 0 Å². The normalized spacial score (nSPS) is 18.9. The molecule has 1 aliphatic heterocycles. The highest BCUT2D eigenvalue weighted by molar-refractivity contribution is 5.58. The summed E-state index contributed by atoms with van der Waals surface area (Å²) in [6.07, 6.45) is -0.882. The number of fused-ring (bicyclic) bond motifs is 1. The summed E-state index contributed by atoms with van der Waals surface area (Å²) in [7, 11) is 0. The number of nitrogens with zero attached hydrogens (tertiary/aromatic N) is 2. The molecule has 0 radical (unpaired) electrons. The fraction of sp³-hybridized carbons (Fsp3) is 0.357. The average molecular weight is 281 g/mol. The molecular formula is C14H14F3N3. The molecule has 0 saturated carbocycles. The first-order valence-electron chi connectivity index (χ1n) is 6.45. The molecule has 2 aromatic rings. The first-order chi connectivity index (χ1) is 9.47. The number of rotatable bonds is 1. The number of alkyl halides is 3. The lowest BCUT2D eigenvalue weighted by Crippen LogP contribution is -2.21. The van der Waals surface area contributed by atoms with Gasteiger partial charge in [0.25, 0.3) is 0 Å². The van der Waals surface area contributed by atoms with Crippen LogP contribution in [0.1, 0.15) is 30.1 Å². The van der Waals surface area contributed by atoms with Crippen LogP contribution in [0.15, 0.2) is 30.5 Å². The SMILES string of the molecule is NC1CCCn2c1cnc2-c1cccc(C(F)(F)F)c1. The zero-order chi connectivity index (χ0) is 14.3. The van der Waals surface area contributed by atoms with Crippen LogP contribution in [0.25, 0.3) is 11.4 Å². The van der Waals surface area contributed by atoms with Gasteiger partial charge in [-0.05, 0) is 25.0 Å². The quantitative estimate of drug-likeness (QED) is 0.871. The second-order valence-electron chi connectivity index (χ2n) is 4.99. The van der Waals surface area contributed by atoms with E-state index in [4.69, 9.17) is 5.73 Å². The molecule has 0 fully saturated rings.